The minimum absolute atomic E-state index is 0.225. The molecule has 1 N–H and O–H groups in total. The molecule has 0 aromatic heterocycles. The molecule has 100 valence electrons. The predicted octanol–water partition coefficient (Wildman–Crippen LogP) is 4.94. The van der Waals surface area contributed by atoms with Crippen LogP contribution in [0.2, 0.25) is 0 Å². The van der Waals surface area contributed by atoms with Gasteiger partial charge in [-0.15, -0.1) is 0 Å². The third kappa shape index (κ3) is 3.29. The first-order chi connectivity index (χ1) is 9.11. The van der Waals surface area contributed by atoms with Gasteiger partial charge in [0, 0.05) is 16.2 Å². The monoisotopic (exact) mass is 319 g/mol. The summed E-state index contributed by atoms with van der Waals surface area (Å²) in [6.07, 6.45) is 0. The Kier molecular flexibility index (Phi) is 4.48. The van der Waals surface area contributed by atoms with Crippen LogP contribution in [0.4, 0.5) is 5.69 Å². The van der Waals surface area contributed by atoms with Crippen molar-refractivity contribution in [2.45, 2.75) is 19.9 Å². The van der Waals surface area contributed by atoms with Crippen molar-refractivity contribution >= 4 is 21.6 Å². The summed E-state index contributed by atoms with van der Waals surface area (Å²) in [6, 6.07) is 14.5. The highest BCUT2D eigenvalue weighted by molar-refractivity contribution is 9.10. The molecule has 0 heterocycles. The number of benzene rings is 2. The highest BCUT2D eigenvalue weighted by Crippen LogP contribution is 2.28. The van der Waals surface area contributed by atoms with Crippen molar-refractivity contribution in [3.05, 3.63) is 58.1 Å². The molecule has 0 saturated carbocycles. The molecule has 0 spiro atoms. The summed E-state index contributed by atoms with van der Waals surface area (Å²) < 4.78 is 6.38. The lowest BCUT2D eigenvalue weighted by Gasteiger charge is -2.18. The Morgan fingerprint density at radius 3 is 2.63 bits per heavy atom. The van der Waals surface area contributed by atoms with Crippen LogP contribution in [0.25, 0.3) is 0 Å². The lowest BCUT2D eigenvalue weighted by Crippen LogP contribution is -2.07. The minimum Gasteiger partial charge on any atom is -0.497 e. The van der Waals surface area contributed by atoms with Crippen LogP contribution < -0.4 is 10.1 Å². The fraction of sp³-hybridized carbons (Fsp3) is 0.250. The van der Waals surface area contributed by atoms with Gasteiger partial charge in [0.15, 0.2) is 0 Å². The fourth-order valence-electron chi connectivity index (χ4n) is 1.99. The molecule has 1 atom stereocenters. The molecule has 0 radical (unpaired) electrons. The van der Waals surface area contributed by atoms with Gasteiger partial charge < -0.3 is 10.1 Å². The van der Waals surface area contributed by atoms with Crippen molar-refractivity contribution in [1.82, 2.24) is 0 Å². The van der Waals surface area contributed by atoms with E-state index in [0.29, 0.717) is 0 Å². The summed E-state index contributed by atoms with van der Waals surface area (Å²) in [5, 5.41) is 3.53. The van der Waals surface area contributed by atoms with E-state index in [1.807, 2.05) is 18.2 Å². The van der Waals surface area contributed by atoms with Gasteiger partial charge in [0.05, 0.1) is 7.11 Å². The van der Waals surface area contributed by atoms with Gasteiger partial charge in [-0.25, -0.2) is 0 Å². The van der Waals surface area contributed by atoms with Crippen LogP contribution in [-0.2, 0) is 0 Å². The van der Waals surface area contributed by atoms with E-state index in [1.165, 1.54) is 11.1 Å². The predicted molar refractivity (Wildman–Crippen MR) is 83.9 cm³/mol. The van der Waals surface area contributed by atoms with Crippen molar-refractivity contribution in [3.8, 4) is 5.75 Å². The second-order valence-electron chi connectivity index (χ2n) is 4.56. The molecule has 2 nitrogen and oxygen atoms in total. The Hall–Kier alpha value is -1.48. The van der Waals surface area contributed by atoms with Crippen molar-refractivity contribution in [3.63, 3.8) is 0 Å². The van der Waals surface area contributed by atoms with Gasteiger partial charge in [-0.05, 0) is 49.2 Å². The van der Waals surface area contributed by atoms with E-state index in [0.717, 1.165) is 15.9 Å². The van der Waals surface area contributed by atoms with Gasteiger partial charge in [0.25, 0.3) is 0 Å². The van der Waals surface area contributed by atoms with Crippen molar-refractivity contribution in [2.75, 3.05) is 12.4 Å². The normalized spacial score (nSPS) is 12.0. The lowest BCUT2D eigenvalue weighted by atomic mass is 10.1. The van der Waals surface area contributed by atoms with Crippen LogP contribution in [0, 0.1) is 6.92 Å². The molecule has 1 unspecified atom stereocenters. The van der Waals surface area contributed by atoms with E-state index in [2.05, 4.69) is 59.4 Å². The molecule has 0 aliphatic carbocycles. The molecular formula is C16H18BrNO. The SMILES string of the molecule is COc1cccc(C(C)Nc2cccc(Br)c2C)c1. The van der Waals surface area contributed by atoms with Gasteiger partial charge in [-0.1, -0.05) is 34.1 Å². The summed E-state index contributed by atoms with van der Waals surface area (Å²) in [4.78, 5) is 0. The number of hydrogen-bond donors (Lipinski definition) is 1. The zero-order valence-electron chi connectivity index (χ0n) is 11.4. The highest BCUT2D eigenvalue weighted by Gasteiger charge is 2.08. The van der Waals surface area contributed by atoms with Crippen LogP contribution in [0.1, 0.15) is 24.1 Å². The number of rotatable bonds is 4. The molecule has 0 aliphatic heterocycles. The number of anilines is 1. The first-order valence-corrected chi connectivity index (χ1v) is 7.06. The zero-order chi connectivity index (χ0) is 13.8. The van der Waals surface area contributed by atoms with E-state index in [-0.39, 0.29) is 6.04 Å². The van der Waals surface area contributed by atoms with Crippen LogP contribution in [-0.4, -0.2) is 7.11 Å². The quantitative estimate of drug-likeness (QED) is 0.861. The number of methoxy groups -OCH3 is 1. The summed E-state index contributed by atoms with van der Waals surface area (Å²) in [6.45, 7) is 4.25. The number of hydrogen-bond acceptors (Lipinski definition) is 2. The van der Waals surface area contributed by atoms with E-state index in [9.17, 15) is 0 Å². The van der Waals surface area contributed by atoms with Gasteiger partial charge in [0.2, 0.25) is 0 Å². The highest BCUT2D eigenvalue weighted by atomic mass is 79.9. The van der Waals surface area contributed by atoms with E-state index < -0.39 is 0 Å². The standard InChI is InChI=1S/C16H18BrNO/c1-11-15(17)8-5-9-16(11)18-12(2)13-6-4-7-14(10-13)19-3/h4-10,12,18H,1-3H3. The molecule has 2 aromatic carbocycles. The summed E-state index contributed by atoms with van der Waals surface area (Å²) in [7, 11) is 1.69. The molecule has 0 amide bonds. The molecule has 2 rings (SSSR count). The fourth-order valence-corrected chi connectivity index (χ4v) is 2.36. The number of nitrogens with one attached hydrogen (secondary N) is 1. The third-order valence-corrected chi connectivity index (χ3v) is 4.09. The Balaban J connectivity index is 2.20. The molecule has 3 heteroatoms. The molecule has 2 aromatic rings. The number of halogens is 1. The largest absolute Gasteiger partial charge is 0.497 e. The van der Waals surface area contributed by atoms with E-state index >= 15 is 0 Å². The summed E-state index contributed by atoms with van der Waals surface area (Å²) >= 11 is 3.56. The average molecular weight is 320 g/mol. The lowest BCUT2D eigenvalue weighted by molar-refractivity contribution is 0.414. The van der Waals surface area contributed by atoms with Gasteiger partial charge in [-0.2, -0.15) is 0 Å². The second kappa shape index (κ2) is 6.11. The van der Waals surface area contributed by atoms with Gasteiger partial charge in [-0.3, -0.25) is 0 Å². The van der Waals surface area contributed by atoms with Crippen molar-refractivity contribution in [1.29, 1.82) is 0 Å². The Morgan fingerprint density at radius 2 is 1.89 bits per heavy atom. The zero-order valence-corrected chi connectivity index (χ0v) is 13.0. The third-order valence-electron chi connectivity index (χ3n) is 3.23. The van der Waals surface area contributed by atoms with Crippen molar-refractivity contribution in [2.24, 2.45) is 0 Å². The van der Waals surface area contributed by atoms with Crippen LogP contribution in [0.15, 0.2) is 46.9 Å². The Labute approximate surface area is 122 Å². The molecule has 19 heavy (non-hydrogen) atoms. The smallest absolute Gasteiger partial charge is 0.119 e. The van der Waals surface area contributed by atoms with E-state index in [4.69, 9.17) is 4.74 Å². The van der Waals surface area contributed by atoms with Gasteiger partial charge in [0.1, 0.15) is 5.75 Å². The first kappa shape index (κ1) is 13.9. The molecule has 0 bridgehead atoms. The van der Waals surface area contributed by atoms with Crippen LogP contribution >= 0.6 is 15.9 Å². The first-order valence-electron chi connectivity index (χ1n) is 6.27. The summed E-state index contributed by atoms with van der Waals surface area (Å²) in [5.74, 6) is 0.886. The second-order valence-corrected chi connectivity index (χ2v) is 5.41. The van der Waals surface area contributed by atoms with Gasteiger partial charge >= 0.3 is 0 Å². The van der Waals surface area contributed by atoms with E-state index in [1.54, 1.807) is 7.11 Å². The Morgan fingerprint density at radius 1 is 1.16 bits per heavy atom. The topological polar surface area (TPSA) is 21.3 Å². The summed E-state index contributed by atoms with van der Waals surface area (Å²) in [5.41, 5.74) is 3.57. The number of ether oxygens (including phenoxy) is 1. The maximum atomic E-state index is 5.26. The average Bonchev–Trinajstić information content (AvgIpc) is 2.44. The maximum Gasteiger partial charge on any atom is 0.119 e. The minimum atomic E-state index is 0.225. The maximum absolute atomic E-state index is 5.26. The Bertz CT molecular complexity index is 568. The molecule has 0 aliphatic rings. The molecule has 0 saturated heterocycles. The molecule has 0 fully saturated rings. The van der Waals surface area contributed by atoms with Crippen LogP contribution in [0.3, 0.4) is 0 Å². The van der Waals surface area contributed by atoms with Crippen LogP contribution in [0.5, 0.6) is 5.75 Å². The molecular weight excluding hydrogens is 302 g/mol. The van der Waals surface area contributed by atoms with Crippen molar-refractivity contribution < 1.29 is 4.74 Å².